The lowest BCUT2D eigenvalue weighted by molar-refractivity contribution is 0.416. The number of nitriles is 1. The summed E-state index contributed by atoms with van der Waals surface area (Å²) in [6.07, 6.45) is 0. The van der Waals surface area contributed by atoms with Crippen LogP contribution in [0.3, 0.4) is 0 Å². The van der Waals surface area contributed by atoms with Crippen molar-refractivity contribution >= 4 is 0 Å². The molecule has 1 atom stereocenters. The van der Waals surface area contributed by atoms with Crippen molar-refractivity contribution in [1.29, 1.82) is 5.26 Å². The number of methoxy groups -OCH3 is 1. The van der Waals surface area contributed by atoms with E-state index in [0.717, 1.165) is 23.4 Å². The Balaban J connectivity index is 1.80. The number of hydrogen-bond acceptors (Lipinski definition) is 3. The molecule has 0 aromatic heterocycles. The Bertz CT molecular complexity index is 955. The predicted octanol–water partition coefficient (Wildman–Crippen LogP) is 5.39. The SMILES string of the molecule is COc1ccc(CN[C@H](C)c2ccc(C)cc2)cc1-c1cccc(C#N)c1. The number of nitrogens with one attached hydrogen (secondary N) is 1. The van der Waals surface area contributed by atoms with E-state index in [0.29, 0.717) is 5.56 Å². The molecule has 0 saturated carbocycles. The van der Waals surface area contributed by atoms with Gasteiger partial charge in [-0.3, -0.25) is 0 Å². The second kappa shape index (κ2) is 8.53. The second-order valence-electron chi connectivity index (χ2n) is 6.74. The zero-order chi connectivity index (χ0) is 19.2. The minimum absolute atomic E-state index is 0.262. The summed E-state index contributed by atoms with van der Waals surface area (Å²) in [5, 5.41) is 12.7. The molecule has 136 valence electrons. The molecule has 1 N–H and O–H groups in total. The number of ether oxygens (including phenoxy) is 1. The summed E-state index contributed by atoms with van der Waals surface area (Å²) in [5.74, 6) is 0.806. The topological polar surface area (TPSA) is 45.0 Å². The first-order valence-electron chi connectivity index (χ1n) is 9.08. The van der Waals surface area contributed by atoms with Gasteiger partial charge < -0.3 is 10.1 Å². The van der Waals surface area contributed by atoms with Gasteiger partial charge in [-0.15, -0.1) is 0 Å². The third kappa shape index (κ3) is 4.55. The van der Waals surface area contributed by atoms with Crippen molar-refractivity contribution < 1.29 is 4.74 Å². The maximum Gasteiger partial charge on any atom is 0.126 e. The van der Waals surface area contributed by atoms with Crippen molar-refractivity contribution in [2.75, 3.05) is 7.11 Å². The summed E-state index contributed by atoms with van der Waals surface area (Å²) in [4.78, 5) is 0. The van der Waals surface area contributed by atoms with Crippen LogP contribution < -0.4 is 10.1 Å². The summed E-state index contributed by atoms with van der Waals surface area (Å²) >= 11 is 0. The second-order valence-corrected chi connectivity index (χ2v) is 6.74. The predicted molar refractivity (Wildman–Crippen MR) is 110 cm³/mol. The summed E-state index contributed by atoms with van der Waals surface area (Å²) in [7, 11) is 1.67. The average molecular weight is 356 g/mol. The summed E-state index contributed by atoms with van der Waals surface area (Å²) in [6, 6.07) is 24.9. The van der Waals surface area contributed by atoms with Crippen molar-refractivity contribution in [2.24, 2.45) is 0 Å². The Morgan fingerprint density at radius 3 is 2.52 bits per heavy atom. The number of rotatable bonds is 6. The fourth-order valence-electron chi connectivity index (χ4n) is 3.09. The van der Waals surface area contributed by atoms with Crippen LogP contribution in [0.2, 0.25) is 0 Å². The summed E-state index contributed by atoms with van der Waals surface area (Å²) in [6.45, 7) is 5.03. The van der Waals surface area contributed by atoms with E-state index in [1.165, 1.54) is 16.7 Å². The molecule has 0 unspecified atom stereocenters. The van der Waals surface area contributed by atoms with Crippen LogP contribution in [-0.4, -0.2) is 7.11 Å². The van der Waals surface area contributed by atoms with E-state index < -0.39 is 0 Å². The van der Waals surface area contributed by atoms with Crippen molar-refractivity contribution in [3.63, 3.8) is 0 Å². The lowest BCUT2D eigenvalue weighted by Gasteiger charge is -2.16. The molecule has 3 rings (SSSR count). The fraction of sp³-hybridized carbons (Fsp3) is 0.208. The summed E-state index contributed by atoms with van der Waals surface area (Å²) < 4.78 is 5.53. The molecule has 0 bridgehead atoms. The average Bonchev–Trinajstić information content (AvgIpc) is 2.72. The van der Waals surface area contributed by atoms with Crippen LogP contribution in [0, 0.1) is 18.3 Å². The van der Waals surface area contributed by atoms with E-state index in [1.807, 2.05) is 30.3 Å². The van der Waals surface area contributed by atoms with E-state index in [1.54, 1.807) is 7.11 Å². The highest BCUT2D eigenvalue weighted by Gasteiger charge is 2.10. The maximum absolute atomic E-state index is 9.17. The standard InChI is InChI=1S/C24H24N2O/c1-17-7-10-21(11-8-17)18(2)26-16-20-9-12-24(27-3)23(14-20)22-6-4-5-19(13-22)15-25/h4-14,18,26H,16H2,1-3H3/t18-/m1/s1. The third-order valence-corrected chi connectivity index (χ3v) is 4.76. The lowest BCUT2D eigenvalue weighted by Crippen LogP contribution is -2.18. The molecule has 0 heterocycles. The first-order chi connectivity index (χ1) is 13.1. The lowest BCUT2D eigenvalue weighted by atomic mass is 10.00. The monoisotopic (exact) mass is 356 g/mol. The molecule has 3 aromatic rings. The van der Waals surface area contributed by atoms with Gasteiger partial charge in [0.25, 0.3) is 0 Å². The zero-order valence-electron chi connectivity index (χ0n) is 16.0. The van der Waals surface area contributed by atoms with E-state index >= 15 is 0 Å². The van der Waals surface area contributed by atoms with Gasteiger partial charge in [-0.2, -0.15) is 5.26 Å². The Hall–Kier alpha value is -3.09. The fourth-order valence-corrected chi connectivity index (χ4v) is 3.09. The molecule has 0 radical (unpaired) electrons. The third-order valence-electron chi connectivity index (χ3n) is 4.76. The van der Waals surface area contributed by atoms with Gasteiger partial charge in [0.15, 0.2) is 0 Å². The molecule has 0 amide bonds. The number of aryl methyl sites for hydroxylation is 1. The van der Waals surface area contributed by atoms with Gasteiger partial charge in [0.05, 0.1) is 18.7 Å². The molecule has 3 nitrogen and oxygen atoms in total. The molecule has 0 aliphatic carbocycles. The number of hydrogen-bond donors (Lipinski definition) is 1. The van der Waals surface area contributed by atoms with Gasteiger partial charge in [-0.25, -0.2) is 0 Å². The molecule has 0 aliphatic heterocycles. The van der Waals surface area contributed by atoms with Crippen LogP contribution in [0.4, 0.5) is 0 Å². The maximum atomic E-state index is 9.17. The normalized spacial score (nSPS) is 11.6. The van der Waals surface area contributed by atoms with Gasteiger partial charge in [0, 0.05) is 18.2 Å². The van der Waals surface area contributed by atoms with E-state index in [-0.39, 0.29) is 6.04 Å². The Morgan fingerprint density at radius 2 is 1.81 bits per heavy atom. The smallest absolute Gasteiger partial charge is 0.126 e. The van der Waals surface area contributed by atoms with Crippen molar-refractivity contribution in [3.05, 3.63) is 89.0 Å². The van der Waals surface area contributed by atoms with Gasteiger partial charge in [-0.1, -0.05) is 48.0 Å². The molecule has 0 spiro atoms. The van der Waals surface area contributed by atoms with Gasteiger partial charge in [-0.05, 0) is 54.8 Å². The van der Waals surface area contributed by atoms with Crippen LogP contribution in [0.1, 0.15) is 35.2 Å². The first kappa shape index (κ1) is 18.7. The van der Waals surface area contributed by atoms with E-state index in [2.05, 4.69) is 61.6 Å². The van der Waals surface area contributed by atoms with Crippen LogP contribution >= 0.6 is 0 Å². The summed E-state index contributed by atoms with van der Waals surface area (Å²) in [5.41, 5.74) is 6.34. The van der Waals surface area contributed by atoms with Crippen LogP contribution in [0.5, 0.6) is 5.75 Å². The quantitative estimate of drug-likeness (QED) is 0.644. The van der Waals surface area contributed by atoms with Crippen LogP contribution in [0.15, 0.2) is 66.7 Å². The van der Waals surface area contributed by atoms with Gasteiger partial charge in [0.2, 0.25) is 0 Å². The highest BCUT2D eigenvalue weighted by Crippen LogP contribution is 2.31. The van der Waals surface area contributed by atoms with Crippen molar-refractivity contribution in [3.8, 4) is 22.9 Å². The van der Waals surface area contributed by atoms with Crippen molar-refractivity contribution in [2.45, 2.75) is 26.4 Å². The Labute approximate surface area is 161 Å². The molecule has 0 fully saturated rings. The Kier molecular flexibility index (Phi) is 5.90. The highest BCUT2D eigenvalue weighted by atomic mass is 16.5. The number of nitrogens with zero attached hydrogens (tertiary/aromatic N) is 1. The zero-order valence-corrected chi connectivity index (χ0v) is 16.0. The molecule has 3 heteroatoms. The number of benzene rings is 3. The molecular weight excluding hydrogens is 332 g/mol. The van der Waals surface area contributed by atoms with Gasteiger partial charge in [0.1, 0.15) is 5.75 Å². The van der Waals surface area contributed by atoms with Gasteiger partial charge >= 0.3 is 0 Å². The first-order valence-corrected chi connectivity index (χ1v) is 9.08. The van der Waals surface area contributed by atoms with Crippen LogP contribution in [-0.2, 0) is 6.54 Å². The minimum Gasteiger partial charge on any atom is -0.496 e. The van der Waals surface area contributed by atoms with Crippen molar-refractivity contribution in [1.82, 2.24) is 5.32 Å². The molecule has 0 aliphatic rings. The molecule has 27 heavy (non-hydrogen) atoms. The molecule has 3 aromatic carbocycles. The molecular formula is C24H24N2O. The van der Waals surface area contributed by atoms with E-state index in [4.69, 9.17) is 10.00 Å². The Morgan fingerprint density at radius 1 is 1.04 bits per heavy atom. The highest BCUT2D eigenvalue weighted by molar-refractivity contribution is 5.72. The van der Waals surface area contributed by atoms with E-state index in [9.17, 15) is 0 Å². The van der Waals surface area contributed by atoms with Crippen LogP contribution in [0.25, 0.3) is 11.1 Å². The minimum atomic E-state index is 0.262. The molecule has 0 saturated heterocycles. The largest absolute Gasteiger partial charge is 0.496 e.